The predicted molar refractivity (Wildman–Crippen MR) is 74.5 cm³/mol. The van der Waals surface area contributed by atoms with Crippen molar-refractivity contribution in [3.05, 3.63) is 29.8 Å². The van der Waals surface area contributed by atoms with Crippen LogP contribution in [0.5, 0.6) is 0 Å². The quantitative estimate of drug-likeness (QED) is 0.791. The Morgan fingerprint density at radius 2 is 1.82 bits per heavy atom. The summed E-state index contributed by atoms with van der Waals surface area (Å²) in [4.78, 5) is 12.6. The zero-order valence-corrected chi connectivity index (χ0v) is 11.7. The lowest BCUT2D eigenvalue weighted by atomic mass is 9.92. The third-order valence-corrected chi connectivity index (χ3v) is 2.80. The number of nitrogens with one attached hydrogen (secondary N) is 1. The van der Waals surface area contributed by atoms with Gasteiger partial charge in [0.15, 0.2) is 0 Å². The maximum atomic E-state index is 11.7. The monoisotopic (exact) mass is 251 g/mol. The van der Waals surface area contributed by atoms with Gasteiger partial charge < -0.3 is 5.32 Å². The molecular weight excluding hydrogens is 230 g/mol. The van der Waals surface area contributed by atoms with Gasteiger partial charge in [-0.3, -0.25) is 4.79 Å². The van der Waals surface area contributed by atoms with Crippen LogP contribution in [0.1, 0.15) is 32.8 Å². The molecule has 1 N–H and O–H groups in total. The lowest BCUT2D eigenvalue weighted by molar-refractivity contribution is -0.120. The van der Waals surface area contributed by atoms with Crippen LogP contribution in [0.3, 0.4) is 0 Å². The van der Waals surface area contributed by atoms with Crippen molar-refractivity contribution in [2.45, 2.75) is 38.5 Å². The molecule has 0 saturated heterocycles. The first kappa shape index (κ1) is 14.1. The van der Waals surface area contributed by atoms with Gasteiger partial charge in [-0.15, -0.1) is 12.6 Å². The van der Waals surface area contributed by atoms with Gasteiger partial charge in [0.1, 0.15) is 0 Å². The second-order valence-electron chi connectivity index (χ2n) is 5.50. The van der Waals surface area contributed by atoms with Crippen molar-refractivity contribution >= 4 is 18.5 Å². The Hall–Kier alpha value is -0.960. The summed E-state index contributed by atoms with van der Waals surface area (Å²) in [5.74, 6) is 0.0844. The number of thiol groups is 1. The standard InChI is InChI=1S/C14H21NOS/c1-14(2,3)8-9-15-13(16)10-11-4-6-12(17)7-5-11/h4-7,17H,8-10H2,1-3H3,(H,15,16). The lowest BCUT2D eigenvalue weighted by Crippen LogP contribution is -2.28. The van der Waals surface area contributed by atoms with Crippen molar-refractivity contribution in [1.29, 1.82) is 0 Å². The van der Waals surface area contributed by atoms with Gasteiger partial charge in [0.05, 0.1) is 6.42 Å². The minimum Gasteiger partial charge on any atom is -0.356 e. The van der Waals surface area contributed by atoms with E-state index in [1.54, 1.807) is 0 Å². The molecule has 3 heteroatoms. The fourth-order valence-electron chi connectivity index (χ4n) is 1.44. The Kier molecular flexibility index (Phi) is 5.06. The van der Waals surface area contributed by atoms with Crippen molar-refractivity contribution in [3.63, 3.8) is 0 Å². The number of benzene rings is 1. The Labute approximate surface area is 109 Å². The third-order valence-electron chi connectivity index (χ3n) is 2.50. The van der Waals surface area contributed by atoms with Crippen LogP contribution in [-0.2, 0) is 11.2 Å². The summed E-state index contributed by atoms with van der Waals surface area (Å²) >= 11 is 4.21. The summed E-state index contributed by atoms with van der Waals surface area (Å²) in [7, 11) is 0. The molecule has 94 valence electrons. The molecule has 1 aromatic carbocycles. The molecule has 1 rings (SSSR count). The molecular formula is C14H21NOS. The predicted octanol–water partition coefficient (Wildman–Crippen LogP) is 3.07. The number of carbonyl (C=O) groups excluding carboxylic acids is 1. The zero-order chi connectivity index (χ0) is 12.9. The molecule has 0 bridgehead atoms. The summed E-state index contributed by atoms with van der Waals surface area (Å²) in [6, 6.07) is 7.68. The summed E-state index contributed by atoms with van der Waals surface area (Å²) in [6.45, 7) is 7.26. The molecule has 0 heterocycles. The van der Waals surface area contributed by atoms with E-state index in [1.165, 1.54) is 0 Å². The van der Waals surface area contributed by atoms with E-state index in [4.69, 9.17) is 0 Å². The van der Waals surface area contributed by atoms with E-state index < -0.39 is 0 Å². The molecule has 0 fully saturated rings. The molecule has 0 aliphatic rings. The van der Waals surface area contributed by atoms with Gasteiger partial charge in [0, 0.05) is 11.4 Å². The van der Waals surface area contributed by atoms with Crippen LogP contribution in [0, 0.1) is 5.41 Å². The number of hydrogen-bond acceptors (Lipinski definition) is 2. The molecule has 17 heavy (non-hydrogen) atoms. The largest absolute Gasteiger partial charge is 0.356 e. The van der Waals surface area contributed by atoms with E-state index in [9.17, 15) is 4.79 Å². The summed E-state index contributed by atoms with van der Waals surface area (Å²) < 4.78 is 0. The number of hydrogen-bond donors (Lipinski definition) is 2. The fourth-order valence-corrected chi connectivity index (χ4v) is 1.59. The Bertz CT molecular complexity index is 365. The maximum absolute atomic E-state index is 11.7. The Morgan fingerprint density at radius 3 is 2.35 bits per heavy atom. The third kappa shape index (κ3) is 6.37. The average molecular weight is 251 g/mol. The lowest BCUT2D eigenvalue weighted by Gasteiger charge is -2.18. The molecule has 0 aliphatic carbocycles. The topological polar surface area (TPSA) is 29.1 Å². The number of amides is 1. The van der Waals surface area contributed by atoms with Gasteiger partial charge in [-0.2, -0.15) is 0 Å². The highest BCUT2D eigenvalue weighted by Gasteiger charge is 2.10. The van der Waals surface area contributed by atoms with Crippen LogP contribution in [0.25, 0.3) is 0 Å². The van der Waals surface area contributed by atoms with E-state index in [0.717, 1.165) is 23.4 Å². The van der Waals surface area contributed by atoms with Crippen molar-refractivity contribution in [1.82, 2.24) is 5.32 Å². The Morgan fingerprint density at radius 1 is 1.24 bits per heavy atom. The minimum atomic E-state index is 0.0844. The van der Waals surface area contributed by atoms with Crippen LogP contribution >= 0.6 is 12.6 Å². The summed E-state index contributed by atoms with van der Waals surface area (Å²) in [5, 5.41) is 2.94. The van der Waals surface area contributed by atoms with Crippen molar-refractivity contribution in [3.8, 4) is 0 Å². The van der Waals surface area contributed by atoms with Gasteiger partial charge in [-0.05, 0) is 29.5 Å². The van der Waals surface area contributed by atoms with E-state index >= 15 is 0 Å². The molecule has 0 unspecified atom stereocenters. The second kappa shape index (κ2) is 6.10. The molecule has 0 radical (unpaired) electrons. The summed E-state index contributed by atoms with van der Waals surface area (Å²) in [6.07, 6.45) is 1.44. The van der Waals surface area contributed by atoms with Crippen molar-refractivity contribution in [2.24, 2.45) is 5.41 Å². The molecule has 0 aromatic heterocycles. The highest BCUT2D eigenvalue weighted by molar-refractivity contribution is 7.80. The van der Waals surface area contributed by atoms with Crippen molar-refractivity contribution < 1.29 is 4.79 Å². The number of carbonyl (C=O) groups is 1. The van der Waals surface area contributed by atoms with Gasteiger partial charge in [-0.1, -0.05) is 32.9 Å². The minimum absolute atomic E-state index is 0.0844. The molecule has 0 saturated carbocycles. The van der Waals surface area contributed by atoms with Crippen LogP contribution < -0.4 is 5.32 Å². The van der Waals surface area contributed by atoms with E-state index in [2.05, 4.69) is 38.7 Å². The zero-order valence-electron chi connectivity index (χ0n) is 10.8. The smallest absolute Gasteiger partial charge is 0.224 e. The first-order valence-electron chi connectivity index (χ1n) is 5.91. The van der Waals surface area contributed by atoms with Crippen molar-refractivity contribution in [2.75, 3.05) is 6.54 Å². The molecule has 0 spiro atoms. The normalized spacial score (nSPS) is 11.3. The molecule has 0 aliphatic heterocycles. The van der Waals surface area contributed by atoms with Crippen LogP contribution in [-0.4, -0.2) is 12.5 Å². The van der Waals surface area contributed by atoms with Crippen LogP contribution in [0.15, 0.2) is 29.2 Å². The SMILES string of the molecule is CC(C)(C)CCNC(=O)Cc1ccc(S)cc1. The van der Waals surface area contributed by atoms with E-state index in [-0.39, 0.29) is 11.3 Å². The number of rotatable bonds is 4. The first-order valence-corrected chi connectivity index (χ1v) is 6.36. The van der Waals surface area contributed by atoms with Gasteiger partial charge in [-0.25, -0.2) is 0 Å². The first-order chi connectivity index (χ1) is 7.87. The average Bonchev–Trinajstić information content (AvgIpc) is 2.19. The van der Waals surface area contributed by atoms with E-state index in [0.29, 0.717) is 6.42 Å². The van der Waals surface area contributed by atoms with Crippen LogP contribution in [0.4, 0.5) is 0 Å². The van der Waals surface area contributed by atoms with Gasteiger partial charge in [0.25, 0.3) is 0 Å². The Balaban J connectivity index is 2.32. The highest BCUT2D eigenvalue weighted by atomic mass is 32.1. The van der Waals surface area contributed by atoms with E-state index in [1.807, 2.05) is 24.3 Å². The second-order valence-corrected chi connectivity index (χ2v) is 6.02. The molecule has 1 aromatic rings. The molecule has 2 nitrogen and oxygen atoms in total. The maximum Gasteiger partial charge on any atom is 0.224 e. The summed E-state index contributed by atoms with van der Waals surface area (Å²) in [5.41, 5.74) is 1.29. The highest BCUT2D eigenvalue weighted by Crippen LogP contribution is 2.17. The fraction of sp³-hybridized carbons (Fsp3) is 0.500. The van der Waals surface area contributed by atoms with Gasteiger partial charge in [0.2, 0.25) is 5.91 Å². The van der Waals surface area contributed by atoms with Gasteiger partial charge >= 0.3 is 0 Å². The van der Waals surface area contributed by atoms with Crippen LogP contribution in [0.2, 0.25) is 0 Å². The molecule has 1 amide bonds. The molecule has 0 atom stereocenters.